The molecule has 0 amide bonds. The minimum absolute atomic E-state index is 0.0145. The number of ether oxygens (including phenoxy) is 1. The maximum absolute atomic E-state index is 10.9. The lowest BCUT2D eigenvalue weighted by molar-refractivity contribution is -0.304. The molecule has 0 N–H and O–H groups in total. The quantitative estimate of drug-likeness (QED) is 0.443. The van der Waals surface area contributed by atoms with Gasteiger partial charge in [0.15, 0.2) is 0 Å². The van der Waals surface area contributed by atoms with E-state index in [0.717, 1.165) is 19.4 Å². The van der Waals surface area contributed by atoms with Crippen molar-refractivity contribution in [2.75, 3.05) is 13.7 Å². The third-order valence-corrected chi connectivity index (χ3v) is 3.65. The molecule has 1 heterocycles. The number of methoxy groups -OCH3 is 1. The highest BCUT2D eigenvalue weighted by Gasteiger charge is 2.45. The van der Waals surface area contributed by atoms with Gasteiger partial charge in [0.05, 0.1) is 7.11 Å². The van der Waals surface area contributed by atoms with Crippen LogP contribution in [0.3, 0.4) is 0 Å². The fourth-order valence-corrected chi connectivity index (χ4v) is 3.29. The number of nitrogens with zero attached hydrogens (tertiary/aromatic N) is 1. The Labute approximate surface area is 109 Å². The summed E-state index contributed by atoms with van der Waals surface area (Å²) >= 11 is 0. The van der Waals surface area contributed by atoms with Crippen LogP contribution in [0.4, 0.5) is 4.79 Å². The maximum atomic E-state index is 10.9. The number of carbonyl (C=O) groups excluding carboxylic acids is 1. The Morgan fingerprint density at radius 3 is 2.11 bits per heavy atom. The standard InChI is InChI=1S/C13H25NO4/c1-7-14-12(2,3)8-10(9-13(14,4)5)17-18-11(15)16-6/h10H,7-9H2,1-6H3. The van der Waals surface area contributed by atoms with Crippen molar-refractivity contribution in [1.29, 1.82) is 0 Å². The third-order valence-electron chi connectivity index (χ3n) is 3.65. The van der Waals surface area contributed by atoms with Crippen molar-refractivity contribution in [1.82, 2.24) is 4.90 Å². The van der Waals surface area contributed by atoms with E-state index in [4.69, 9.17) is 4.89 Å². The molecular weight excluding hydrogens is 234 g/mol. The number of hydrogen-bond acceptors (Lipinski definition) is 5. The largest absolute Gasteiger partial charge is 0.540 e. The summed E-state index contributed by atoms with van der Waals surface area (Å²) in [5.74, 6) is 0. The molecule has 1 aliphatic rings. The zero-order chi connectivity index (χ0) is 14.0. The molecule has 0 saturated carbocycles. The maximum Gasteiger partial charge on any atom is 0.540 e. The van der Waals surface area contributed by atoms with Gasteiger partial charge in [-0.1, -0.05) is 6.92 Å². The zero-order valence-corrected chi connectivity index (χ0v) is 12.3. The molecule has 18 heavy (non-hydrogen) atoms. The van der Waals surface area contributed by atoms with Crippen LogP contribution in [-0.4, -0.2) is 41.9 Å². The SMILES string of the molecule is CCN1C(C)(C)CC(OOC(=O)OC)CC1(C)C. The highest BCUT2D eigenvalue weighted by molar-refractivity contribution is 5.58. The van der Waals surface area contributed by atoms with Crippen molar-refractivity contribution in [3.63, 3.8) is 0 Å². The van der Waals surface area contributed by atoms with Crippen molar-refractivity contribution in [3.05, 3.63) is 0 Å². The summed E-state index contributed by atoms with van der Waals surface area (Å²) in [5, 5.41) is 0. The first kappa shape index (κ1) is 15.2. The summed E-state index contributed by atoms with van der Waals surface area (Å²) < 4.78 is 4.39. The predicted molar refractivity (Wildman–Crippen MR) is 68.1 cm³/mol. The Kier molecular flexibility index (Phi) is 4.61. The van der Waals surface area contributed by atoms with Gasteiger partial charge in [-0.05, 0) is 47.1 Å². The van der Waals surface area contributed by atoms with Gasteiger partial charge in [-0.3, -0.25) is 9.79 Å². The van der Waals surface area contributed by atoms with Gasteiger partial charge in [-0.25, -0.2) is 4.79 Å². The molecule has 1 saturated heterocycles. The summed E-state index contributed by atoms with van der Waals surface area (Å²) in [5.41, 5.74) is 0.0291. The molecule has 0 aromatic heterocycles. The third kappa shape index (κ3) is 3.36. The van der Waals surface area contributed by atoms with E-state index in [1.165, 1.54) is 7.11 Å². The minimum Gasteiger partial charge on any atom is -0.436 e. The molecule has 5 nitrogen and oxygen atoms in total. The summed E-state index contributed by atoms with van der Waals surface area (Å²) in [4.78, 5) is 23.2. The first-order chi connectivity index (χ1) is 8.23. The van der Waals surface area contributed by atoms with Crippen molar-refractivity contribution in [2.45, 2.75) is 64.6 Å². The molecule has 0 spiro atoms. The van der Waals surface area contributed by atoms with Crippen LogP contribution in [-0.2, 0) is 14.5 Å². The van der Waals surface area contributed by atoms with E-state index in [2.05, 4.69) is 49.1 Å². The van der Waals surface area contributed by atoms with E-state index in [0.29, 0.717) is 0 Å². The number of hydrogen-bond donors (Lipinski definition) is 0. The molecule has 0 aromatic rings. The Morgan fingerprint density at radius 1 is 1.22 bits per heavy atom. The van der Waals surface area contributed by atoms with Crippen LogP contribution in [0.2, 0.25) is 0 Å². The zero-order valence-electron chi connectivity index (χ0n) is 12.3. The van der Waals surface area contributed by atoms with Crippen molar-refractivity contribution >= 4 is 6.16 Å². The fraction of sp³-hybridized carbons (Fsp3) is 0.923. The monoisotopic (exact) mass is 259 g/mol. The average Bonchev–Trinajstić information content (AvgIpc) is 2.23. The van der Waals surface area contributed by atoms with Gasteiger partial charge < -0.3 is 4.74 Å². The lowest BCUT2D eigenvalue weighted by atomic mass is 9.78. The Bertz CT molecular complexity index is 283. The van der Waals surface area contributed by atoms with E-state index in [1.54, 1.807) is 0 Å². The van der Waals surface area contributed by atoms with Gasteiger partial charge in [0.2, 0.25) is 0 Å². The molecule has 106 valence electrons. The second kappa shape index (κ2) is 5.45. The summed E-state index contributed by atoms with van der Waals surface area (Å²) in [6.45, 7) is 11.9. The minimum atomic E-state index is -0.802. The van der Waals surface area contributed by atoms with Crippen LogP contribution in [0.1, 0.15) is 47.5 Å². The Balaban J connectivity index is 2.68. The average molecular weight is 259 g/mol. The Morgan fingerprint density at radius 2 is 1.72 bits per heavy atom. The topological polar surface area (TPSA) is 48.0 Å². The molecule has 0 bridgehead atoms. The van der Waals surface area contributed by atoms with Gasteiger partial charge in [0.25, 0.3) is 0 Å². The molecule has 0 unspecified atom stereocenters. The molecule has 0 aliphatic carbocycles. The van der Waals surface area contributed by atoms with E-state index < -0.39 is 6.16 Å². The Hall–Kier alpha value is -0.810. The van der Waals surface area contributed by atoms with Gasteiger partial charge in [-0.15, -0.1) is 0 Å². The molecule has 0 radical (unpaired) electrons. The first-order valence-electron chi connectivity index (χ1n) is 6.42. The summed E-state index contributed by atoms with van der Waals surface area (Å²) in [6, 6.07) is 0. The van der Waals surface area contributed by atoms with E-state index in [1.807, 2.05) is 0 Å². The number of carbonyl (C=O) groups is 1. The van der Waals surface area contributed by atoms with Crippen LogP contribution >= 0.6 is 0 Å². The lowest BCUT2D eigenvalue weighted by Crippen LogP contribution is -2.61. The van der Waals surface area contributed by atoms with E-state index in [-0.39, 0.29) is 17.2 Å². The first-order valence-corrected chi connectivity index (χ1v) is 6.42. The van der Waals surface area contributed by atoms with Crippen LogP contribution in [0, 0.1) is 0 Å². The fourth-order valence-electron chi connectivity index (χ4n) is 3.29. The van der Waals surface area contributed by atoms with Crippen molar-refractivity contribution < 1.29 is 19.3 Å². The van der Waals surface area contributed by atoms with Crippen LogP contribution < -0.4 is 0 Å². The van der Waals surface area contributed by atoms with Crippen LogP contribution in [0.25, 0.3) is 0 Å². The number of piperidine rings is 1. The second-order valence-electron chi connectivity index (χ2n) is 6.03. The normalized spacial score (nSPS) is 23.7. The molecule has 1 fully saturated rings. The van der Waals surface area contributed by atoms with Crippen molar-refractivity contribution in [2.24, 2.45) is 0 Å². The van der Waals surface area contributed by atoms with Crippen LogP contribution in [0.5, 0.6) is 0 Å². The van der Waals surface area contributed by atoms with Gasteiger partial charge in [0.1, 0.15) is 6.10 Å². The number of rotatable bonds is 3. The van der Waals surface area contributed by atoms with E-state index >= 15 is 0 Å². The highest BCUT2D eigenvalue weighted by atomic mass is 17.2. The molecular formula is C13H25NO4. The van der Waals surface area contributed by atoms with Gasteiger partial charge in [-0.2, -0.15) is 4.89 Å². The summed E-state index contributed by atoms with van der Waals surface area (Å²) in [7, 11) is 1.26. The molecule has 1 rings (SSSR count). The molecule has 0 atom stereocenters. The second-order valence-corrected chi connectivity index (χ2v) is 6.03. The van der Waals surface area contributed by atoms with Crippen LogP contribution in [0.15, 0.2) is 0 Å². The lowest BCUT2D eigenvalue weighted by Gasteiger charge is -2.54. The van der Waals surface area contributed by atoms with E-state index in [9.17, 15) is 4.79 Å². The molecule has 0 aromatic carbocycles. The van der Waals surface area contributed by atoms with Gasteiger partial charge >= 0.3 is 6.16 Å². The van der Waals surface area contributed by atoms with Crippen molar-refractivity contribution in [3.8, 4) is 0 Å². The van der Waals surface area contributed by atoms with Gasteiger partial charge in [0, 0.05) is 11.1 Å². The smallest absolute Gasteiger partial charge is 0.436 e. The molecule has 1 aliphatic heterocycles. The molecule has 5 heteroatoms. The summed E-state index contributed by atoms with van der Waals surface area (Å²) in [6.07, 6.45) is 0.739. The predicted octanol–water partition coefficient (Wildman–Crippen LogP) is 2.74. The number of likely N-dealkylation sites (tertiary alicyclic amines) is 1. The highest BCUT2D eigenvalue weighted by Crippen LogP contribution is 2.39.